The van der Waals surface area contributed by atoms with Gasteiger partial charge < -0.3 is 10.2 Å². The summed E-state index contributed by atoms with van der Waals surface area (Å²) in [6.07, 6.45) is 14.6. The van der Waals surface area contributed by atoms with E-state index < -0.39 is 0 Å². The maximum atomic E-state index is 10.8. The van der Waals surface area contributed by atoms with Gasteiger partial charge in [0.2, 0.25) is 0 Å². The second-order valence-electron chi connectivity index (χ2n) is 14.6. The third-order valence-electron chi connectivity index (χ3n) is 13.0. The third-order valence-corrected chi connectivity index (χ3v) is 13.0. The summed E-state index contributed by atoms with van der Waals surface area (Å²) in [4.78, 5) is 0. The van der Waals surface area contributed by atoms with Gasteiger partial charge in [-0.2, -0.15) is 0 Å². The normalized spacial score (nSPS) is 52.7. The van der Waals surface area contributed by atoms with Crippen LogP contribution in [0.5, 0.6) is 0 Å². The number of hydrogen-bond donors (Lipinski definition) is 2. The van der Waals surface area contributed by atoms with Gasteiger partial charge in [-0.05, 0) is 129 Å². The van der Waals surface area contributed by atoms with Crippen LogP contribution in [0.1, 0.15) is 113 Å². The lowest BCUT2D eigenvalue weighted by molar-refractivity contribution is -0.161. The molecule has 2 heteroatoms. The Bertz CT molecular complexity index is 795. The topological polar surface area (TPSA) is 40.5 Å². The molecule has 2 nitrogen and oxygen atoms in total. The van der Waals surface area contributed by atoms with Crippen LogP contribution < -0.4 is 0 Å². The number of fused-ring (bicyclic) bond motifs is 2. The molecular formula is C30H50O2. The highest BCUT2D eigenvalue weighted by Crippen LogP contribution is 2.89. The summed E-state index contributed by atoms with van der Waals surface area (Å²) in [6.45, 7) is 16.7. The van der Waals surface area contributed by atoms with E-state index >= 15 is 0 Å². The summed E-state index contributed by atoms with van der Waals surface area (Å²) in [6, 6.07) is 0. The second-order valence-corrected chi connectivity index (χ2v) is 14.6. The van der Waals surface area contributed by atoms with Crippen molar-refractivity contribution >= 4 is 0 Å². The summed E-state index contributed by atoms with van der Waals surface area (Å²) < 4.78 is 0. The Balaban J connectivity index is 1.41. The zero-order chi connectivity index (χ0) is 23.3. The summed E-state index contributed by atoms with van der Waals surface area (Å²) in [5, 5.41) is 21.5. The molecule has 0 saturated heterocycles. The maximum absolute atomic E-state index is 10.8. The van der Waals surface area contributed by atoms with E-state index in [1.807, 2.05) is 0 Å². The van der Waals surface area contributed by atoms with Gasteiger partial charge in [0, 0.05) is 0 Å². The predicted octanol–water partition coefficient (Wildman–Crippen LogP) is 7.14. The summed E-state index contributed by atoms with van der Waals surface area (Å²) >= 11 is 0. The van der Waals surface area contributed by atoms with Crippen molar-refractivity contribution in [3.63, 3.8) is 0 Å². The molecule has 5 aliphatic carbocycles. The highest BCUT2D eigenvalue weighted by Gasteiger charge is 2.82. The van der Waals surface area contributed by atoms with Crippen molar-refractivity contribution < 1.29 is 10.2 Å². The first-order chi connectivity index (χ1) is 14.8. The van der Waals surface area contributed by atoms with E-state index in [0.717, 1.165) is 30.6 Å². The number of aliphatic hydroxyl groups excluding tert-OH is 2. The first kappa shape index (κ1) is 23.4. The van der Waals surface area contributed by atoms with Crippen LogP contribution in [-0.2, 0) is 0 Å². The summed E-state index contributed by atoms with van der Waals surface area (Å²) in [5.41, 5.74) is 3.27. The molecule has 0 heterocycles. The van der Waals surface area contributed by atoms with Gasteiger partial charge in [0.25, 0.3) is 0 Å². The quantitative estimate of drug-likeness (QED) is 0.454. The van der Waals surface area contributed by atoms with Crippen LogP contribution in [0.15, 0.2) is 11.6 Å². The van der Waals surface area contributed by atoms with Gasteiger partial charge in [-0.1, -0.05) is 46.3 Å². The Morgan fingerprint density at radius 1 is 0.875 bits per heavy atom. The zero-order valence-corrected chi connectivity index (χ0v) is 22.0. The Morgan fingerprint density at radius 2 is 1.53 bits per heavy atom. The van der Waals surface area contributed by atoms with Gasteiger partial charge in [-0.3, -0.25) is 0 Å². The lowest BCUT2D eigenvalue weighted by Crippen LogP contribution is -2.57. The minimum atomic E-state index is -0.293. The molecule has 5 rings (SSSR count). The summed E-state index contributed by atoms with van der Waals surface area (Å²) in [5.74, 6) is 2.91. The van der Waals surface area contributed by atoms with E-state index in [2.05, 4.69) is 54.5 Å². The molecule has 0 aromatic heterocycles. The standard InChI is InChI=1S/C30H50O2/c1-19(2)16-21(31)17-20(3)22-10-12-28(7)24-9-8-23-26(4,5)25(32)11-13-29(23)18-30(24,29)15-14-27(22,28)6/h16,20-25,31-32H,8-15,17-18H2,1-7H3/t20-,21-,22-,23?,24?,25+,27-,28+,29-,30-/m1/s1. The Kier molecular flexibility index (Phi) is 5.19. The Morgan fingerprint density at radius 3 is 2.22 bits per heavy atom. The molecule has 0 aromatic rings. The molecule has 0 aliphatic heterocycles. The van der Waals surface area contributed by atoms with Gasteiger partial charge in [-0.25, -0.2) is 0 Å². The first-order valence-corrected chi connectivity index (χ1v) is 13.9. The largest absolute Gasteiger partial charge is 0.393 e. The van der Waals surface area contributed by atoms with E-state index in [-0.39, 0.29) is 17.6 Å². The average Bonchev–Trinajstić information content (AvgIpc) is 3.27. The van der Waals surface area contributed by atoms with Crippen LogP contribution in [0.25, 0.3) is 0 Å². The van der Waals surface area contributed by atoms with Gasteiger partial charge in [0.15, 0.2) is 0 Å². The fourth-order valence-electron chi connectivity index (χ4n) is 11.3. The predicted molar refractivity (Wildman–Crippen MR) is 132 cm³/mol. The van der Waals surface area contributed by atoms with Crippen LogP contribution in [0.4, 0.5) is 0 Å². The molecule has 5 saturated carbocycles. The lowest BCUT2D eigenvalue weighted by Gasteiger charge is -2.63. The molecule has 182 valence electrons. The van der Waals surface area contributed by atoms with Gasteiger partial charge in [-0.15, -0.1) is 0 Å². The minimum absolute atomic E-state index is 0.0855. The van der Waals surface area contributed by atoms with E-state index in [9.17, 15) is 10.2 Å². The number of hydrogen-bond acceptors (Lipinski definition) is 2. The molecule has 0 amide bonds. The first-order valence-electron chi connectivity index (χ1n) is 13.9. The van der Waals surface area contributed by atoms with Crippen LogP contribution in [0.2, 0.25) is 0 Å². The Labute approximate surface area is 197 Å². The van der Waals surface area contributed by atoms with Crippen LogP contribution in [0.3, 0.4) is 0 Å². The SMILES string of the molecule is CC(C)=C[C@@H](O)C[C@@H](C)[C@H]1CC[C@@]2(C)C3CCC4C(C)(C)[C@@H](O)CC[C@@]45C[C@]35CC[C@]12C. The molecular weight excluding hydrogens is 392 g/mol. The van der Waals surface area contributed by atoms with Crippen molar-refractivity contribution in [1.29, 1.82) is 0 Å². The Hall–Kier alpha value is -0.340. The van der Waals surface area contributed by atoms with Crippen molar-refractivity contribution in [1.82, 2.24) is 0 Å². The van der Waals surface area contributed by atoms with E-state index in [1.54, 1.807) is 0 Å². The fourth-order valence-corrected chi connectivity index (χ4v) is 11.3. The summed E-state index contributed by atoms with van der Waals surface area (Å²) in [7, 11) is 0. The van der Waals surface area contributed by atoms with E-state index in [1.165, 1.54) is 56.9 Å². The molecule has 0 bridgehead atoms. The van der Waals surface area contributed by atoms with Crippen LogP contribution in [-0.4, -0.2) is 22.4 Å². The van der Waals surface area contributed by atoms with E-state index in [4.69, 9.17) is 0 Å². The van der Waals surface area contributed by atoms with E-state index in [0.29, 0.717) is 27.6 Å². The number of allylic oxidation sites excluding steroid dienone is 1. The van der Waals surface area contributed by atoms with Gasteiger partial charge >= 0.3 is 0 Å². The molecule has 2 spiro atoms. The minimum Gasteiger partial charge on any atom is -0.393 e. The van der Waals surface area contributed by atoms with Crippen molar-refractivity contribution in [3.05, 3.63) is 11.6 Å². The van der Waals surface area contributed by atoms with Crippen molar-refractivity contribution in [3.8, 4) is 0 Å². The highest BCUT2D eigenvalue weighted by atomic mass is 16.3. The molecule has 5 aliphatic rings. The molecule has 2 unspecified atom stereocenters. The van der Waals surface area contributed by atoms with Crippen molar-refractivity contribution in [2.45, 2.75) is 125 Å². The smallest absolute Gasteiger partial charge is 0.0726 e. The molecule has 32 heavy (non-hydrogen) atoms. The molecule has 2 N–H and O–H groups in total. The van der Waals surface area contributed by atoms with Crippen LogP contribution in [0, 0.1) is 50.7 Å². The van der Waals surface area contributed by atoms with Crippen molar-refractivity contribution in [2.24, 2.45) is 50.7 Å². The number of rotatable bonds is 4. The van der Waals surface area contributed by atoms with Crippen molar-refractivity contribution in [2.75, 3.05) is 0 Å². The number of aliphatic hydroxyl groups is 2. The zero-order valence-electron chi connectivity index (χ0n) is 22.0. The maximum Gasteiger partial charge on any atom is 0.0726 e. The van der Waals surface area contributed by atoms with Gasteiger partial charge in [0.1, 0.15) is 0 Å². The molecule has 0 aromatic carbocycles. The molecule has 0 radical (unpaired) electrons. The highest BCUT2D eigenvalue weighted by molar-refractivity contribution is 5.30. The second kappa shape index (κ2) is 7.09. The third kappa shape index (κ3) is 2.78. The fraction of sp³-hybridized carbons (Fsp3) is 0.933. The van der Waals surface area contributed by atoms with Crippen LogP contribution >= 0.6 is 0 Å². The molecule has 5 fully saturated rings. The molecule has 10 atom stereocenters. The van der Waals surface area contributed by atoms with Gasteiger partial charge in [0.05, 0.1) is 12.2 Å². The average molecular weight is 443 g/mol. The monoisotopic (exact) mass is 442 g/mol. The lowest BCUT2D eigenvalue weighted by atomic mass is 9.41.